The molecule has 0 aromatic carbocycles. The lowest BCUT2D eigenvalue weighted by Crippen LogP contribution is -2.27. The van der Waals surface area contributed by atoms with Gasteiger partial charge in [-0.1, -0.05) is 26.2 Å². The number of unbranched alkanes of at least 4 members (excludes halogenated alkanes) is 3. The molecule has 0 atom stereocenters. The van der Waals surface area contributed by atoms with Crippen molar-refractivity contribution in [1.29, 1.82) is 0 Å². The summed E-state index contributed by atoms with van der Waals surface area (Å²) in [5.74, 6) is 0.543. The van der Waals surface area contributed by atoms with Crippen molar-refractivity contribution in [2.75, 3.05) is 13.6 Å². The predicted octanol–water partition coefficient (Wildman–Crippen LogP) is 0.448. The van der Waals surface area contributed by atoms with E-state index >= 15 is 0 Å². The van der Waals surface area contributed by atoms with E-state index < -0.39 is 10.4 Å². The first kappa shape index (κ1) is 17.5. The van der Waals surface area contributed by atoms with Gasteiger partial charge in [0.15, 0.2) is 5.96 Å². The smallest absolute Gasteiger partial charge is 0.370 e. The monoisotopic (exact) mass is 255 g/mol. The van der Waals surface area contributed by atoms with Gasteiger partial charge in [-0.05, 0) is 6.42 Å². The minimum atomic E-state index is -4.67. The molecule has 0 bridgehead atoms. The molecule has 0 rings (SSSR count). The molecule has 0 aliphatic carbocycles. The SMILES string of the molecule is CCCCCC/N=C(/N)NC.O=S(=O)(O)O. The number of hydrogen-bond donors (Lipinski definition) is 4. The van der Waals surface area contributed by atoms with E-state index in [-0.39, 0.29) is 0 Å². The third-order valence-corrected chi connectivity index (χ3v) is 1.55. The van der Waals surface area contributed by atoms with Crippen molar-refractivity contribution in [3.05, 3.63) is 0 Å². The molecule has 8 heteroatoms. The molecule has 0 saturated carbocycles. The minimum Gasteiger partial charge on any atom is -0.370 e. The molecule has 16 heavy (non-hydrogen) atoms. The summed E-state index contributed by atoms with van der Waals surface area (Å²) in [6.07, 6.45) is 4.98. The molecule has 0 aromatic heterocycles. The molecule has 5 N–H and O–H groups in total. The maximum Gasteiger partial charge on any atom is 0.394 e. The number of nitrogens with two attached hydrogens (primary N) is 1. The highest BCUT2D eigenvalue weighted by atomic mass is 32.3. The Morgan fingerprint density at radius 3 is 2.19 bits per heavy atom. The van der Waals surface area contributed by atoms with Gasteiger partial charge in [0.05, 0.1) is 0 Å². The van der Waals surface area contributed by atoms with Crippen LogP contribution in [-0.2, 0) is 10.4 Å². The molecule has 0 radical (unpaired) electrons. The second-order valence-electron chi connectivity index (χ2n) is 3.03. The summed E-state index contributed by atoms with van der Waals surface area (Å²) in [4.78, 5) is 4.10. The molecule has 0 aromatic rings. The van der Waals surface area contributed by atoms with E-state index in [0.29, 0.717) is 5.96 Å². The van der Waals surface area contributed by atoms with Crippen LogP contribution in [-0.4, -0.2) is 37.1 Å². The molecule has 0 aliphatic heterocycles. The maximum atomic E-state index is 8.74. The van der Waals surface area contributed by atoms with E-state index in [0.717, 1.165) is 13.0 Å². The van der Waals surface area contributed by atoms with Crippen molar-refractivity contribution in [3.63, 3.8) is 0 Å². The van der Waals surface area contributed by atoms with Crippen LogP contribution < -0.4 is 11.1 Å². The first-order valence-corrected chi connectivity index (χ1v) is 6.38. The summed E-state index contributed by atoms with van der Waals surface area (Å²) >= 11 is 0. The Morgan fingerprint density at radius 1 is 1.31 bits per heavy atom. The molecule has 0 amide bonds. The third kappa shape index (κ3) is 29.2. The first-order chi connectivity index (χ1) is 7.31. The molecule has 7 nitrogen and oxygen atoms in total. The average molecular weight is 255 g/mol. The number of hydrogen-bond acceptors (Lipinski definition) is 3. The lowest BCUT2D eigenvalue weighted by Gasteiger charge is -1.98. The highest BCUT2D eigenvalue weighted by molar-refractivity contribution is 7.79. The summed E-state index contributed by atoms with van der Waals surface area (Å²) < 4.78 is 31.6. The zero-order valence-electron chi connectivity index (χ0n) is 9.68. The Balaban J connectivity index is 0. The minimum absolute atomic E-state index is 0.543. The number of aliphatic imine (C=N–C) groups is 1. The Hall–Kier alpha value is -0.860. The van der Waals surface area contributed by atoms with Crippen LogP contribution in [0.1, 0.15) is 32.6 Å². The lowest BCUT2D eigenvalue weighted by molar-refractivity contribution is 0.381. The third-order valence-electron chi connectivity index (χ3n) is 1.55. The van der Waals surface area contributed by atoms with Crippen molar-refractivity contribution in [2.24, 2.45) is 10.7 Å². The van der Waals surface area contributed by atoms with Crippen LogP contribution in [0.3, 0.4) is 0 Å². The Kier molecular flexibility index (Phi) is 11.7. The normalized spacial score (nSPS) is 11.6. The van der Waals surface area contributed by atoms with E-state index in [1.807, 2.05) is 0 Å². The van der Waals surface area contributed by atoms with Crippen molar-refractivity contribution < 1.29 is 17.5 Å². The standard InChI is InChI=1S/C8H19N3.H2O4S/c1-3-4-5-6-7-11-8(9)10-2;1-5(2,3)4/h3-7H2,1-2H3,(H3,9,10,11);(H2,1,2,3,4). The fourth-order valence-corrected chi connectivity index (χ4v) is 0.817. The van der Waals surface area contributed by atoms with Gasteiger partial charge in [0.1, 0.15) is 0 Å². The van der Waals surface area contributed by atoms with Crippen LogP contribution in [0, 0.1) is 0 Å². The Labute approximate surface area is 96.7 Å². The zero-order chi connectivity index (χ0) is 13.0. The maximum absolute atomic E-state index is 8.74. The summed E-state index contributed by atoms with van der Waals surface area (Å²) in [5.41, 5.74) is 5.43. The molecule has 0 unspecified atom stereocenters. The van der Waals surface area contributed by atoms with Gasteiger partial charge in [-0.2, -0.15) is 8.42 Å². The van der Waals surface area contributed by atoms with Gasteiger partial charge < -0.3 is 11.1 Å². The molecule has 0 saturated heterocycles. The van der Waals surface area contributed by atoms with Crippen LogP contribution in [0.25, 0.3) is 0 Å². The Bertz CT molecular complexity index is 269. The zero-order valence-corrected chi connectivity index (χ0v) is 10.5. The summed E-state index contributed by atoms with van der Waals surface area (Å²) in [6, 6.07) is 0. The van der Waals surface area contributed by atoms with E-state index in [4.69, 9.17) is 23.3 Å². The Morgan fingerprint density at radius 2 is 1.81 bits per heavy atom. The molecule has 0 heterocycles. The van der Waals surface area contributed by atoms with Gasteiger partial charge in [0.25, 0.3) is 0 Å². The average Bonchev–Trinajstić information content (AvgIpc) is 2.14. The van der Waals surface area contributed by atoms with E-state index in [2.05, 4.69) is 17.2 Å². The summed E-state index contributed by atoms with van der Waals surface area (Å²) in [5, 5.41) is 2.78. The van der Waals surface area contributed by atoms with E-state index in [1.165, 1.54) is 19.3 Å². The molecular formula is C8H21N3O4S. The number of guanidine groups is 1. The predicted molar refractivity (Wildman–Crippen MR) is 63.9 cm³/mol. The quantitative estimate of drug-likeness (QED) is 0.244. The molecule has 98 valence electrons. The topological polar surface area (TPSA) is 125 Å². The van der Waals surface area contributed by atoms with Crippen LogP contribution in [0.2, 0.25) is 0 Å². The van der Waals surface area contributed by atoms with Crippen LogP contribution in [0.15, 0.2) is 4.99 Å². The molecular weight excluding hydrogens is 234 g/mol. The van der Waals surface area contributed by atoms with Crippen molar-refractivity contribution in [3.8, 4) is 0 Å². The number of nitrogens with zero attached hydrogens (tertiary/aromatic N) is 1. The van der Waals surface area contributed by atoms with E-state index in [9.17, 15) is 0 Å². The number of nitrogens with one attached hydrogen (secondary N) is 1. The van der Waals surface area contributed by atoms with Gasteiger partial charge in [0.2, 0.25) is 0 Å². The lowest BCUT2D eigenvalue weighted by atomic mass is 10.2. The number of rotatable bonds is 5. The van der Waals surface area contributed by atoms with Crippen molar-refractivity contribution in [1.82, 2.24) is 5.32 Å². The molecule has 0 aliphatic rings. The van der Waals surface area contributed by atoms with Crippen LogP contribution in [0.5, 0.6) is 0 Å². The van der Waals surface area contributed by atoms with Crippen molar-refractivity contribution in [2.45, 2.75) is 32.6 Å². The second kappa shape index (κ2) is 10.7. The van der Waals surface area contributed by atoms with E-state index in [1.54, 1.807) is 7.05 Å². The van der Waals surface area contributed by atoms with Gasteiger partial charge in [-0.3, -0.25) is 14.1 Å². The highest BCUT2D eigenvalue weighted by Gasteiger charge is 1.86. The fourth-order valence-electron chi connectivity index (χ4n) is 0.817. The van der Waals surface area contributed by atoms with Gasteiger partial charge in [0, 0.05) is 13.6 Å². The largest absolute Gasteiger partial charge is 0.394 e. The van der Waals surface area contributed by atoms with Crippen molar-refractivity contribution >= 4 is 16.4 Å². The van der Waals surface area contributed by atoms with Gasteiger partial charge in [-0.25, -0.2) is 0 Å². The highest BCUT2D eigenvalue weighted by Crippen LogP contribution is 1.97. The molecule has 0 fully saturated rings. The fraction of sp³-hybridized carbons (Fsp3) is 0.875. The van der Waals surface area contributed by atoms with Crippen LogP contribution >= 0.6 is 0 Å². The van der Waals surface area contributed by atoms with Gasteiger partial charge >= 0.3 is 10.4 Å². The summed E-state index contributed by atoms with van der Waals surface area (Å²) in [7, 11) is -2.88. The van der Waals surface area contributed by atoms with Gasteiger partial charge in [-0.15, -0.1) is 0 Å². The van der Waals surface area contributed by atoms with Crippen LogP contribution in [0.4, 0.5) is 0 Å². The first-order valence-electron chi connectivity index (χ1n) is 4.98. The summed E-state index contributed by atoms with van der Waals surface area (Å²) in [6.45, 7) is 3.05. The molecule has 0 spiro atoms. The second-order valence-corrected chi connectivity index (χ2v) is 3.92.